The van der Waals surface area contributed by atoms with Gasteiger partial charge in [-0.25, -0.2) is 4.98 Å². The molecular weight excluding hydrogens is 326 g/mol. The van der Waals surface area contributed by atoms with Crippen molar-refractivity contribution in [2.45, 2.75) is 25.8 Å². The molecule has 134 valence electrons. The van der Waals surface area contributed by atoms with E-state index in [-0.39, 0.29) is 5.91 Å². The number of hydrogen-bond donors (Lipinski definition) is 0. The van der Waals surface area contributed by atoms with Crippen LogP contribution in [0.2, 0.25) is 0 Å². The van der Waals surface area contributed by atoms with Crippen LogP contribution in [0.4, 0.5) is 0 Å². The van der Waals surface area contributed by atoms with Crippen LogP contribution in [0, 0.1) is 6.92 Å². The predicted octanol–water partition coefficient (Wildman–Crippen LogP) is 3.07. The highest BCUT2D eigenvalue weighted by Crippen LogP contribution is 2.30. The van der Waals surface area contributed by atoms with Crippen LogP contribution in [0.25, 0.3) is 11.4 Å². The lowest BCUT2D eigenvalue weighted by atomic mass is 10.0. The smallest absolute Gasteiger partial charge is 0.272 e. The summed E-state index contributed by atoms with van der Waals surface area (Å²) < 4.78 is 3.98. The van der Waals surface area contributed by atoms with E-state index >= 15 is 0 Å². The Morgan fingerprint density at radius 1 is 1.12 bits per heavy atom. The molecule has 4 rings (SSSR count). The van der Waals surface area contributed by atoms with Crippen molar-refractivity contribution in [1.82, 2.24) is 24.2 Å². The number of carbonyl (C=O) groups excluding carboxylic acids is 1. The standard InChI is InChI=1S/C20H23N5O/c1-15-14-21-19(16-6-4-3-5-7-16)25(15)17-9-12-24(13-10-17)20(26)18-8-11-22-23(18)2/h3-8,11,14,17H,9-10,12-13H2,1-2H3. The van der Waals surface area contributed by atoms with Gasteiger partial charge in [0.25, 0.3) is 5.91 Å². The van der Waals surface area contributed by atoms with Gasteiger partial charge in [-0.2, -0.15) is 5.10 Å². The van der Waals surface area contributed by atoms with Crippen molar-refractivity contribution < 1.29 is 4.79 Å². The van der Waals surface area contributed by atoms with Crippen molar-refractivity contribution in [3.63, 3.8) is 0 Å². The topological polar surface area (TPSA) is 56.0 Å². The van der Waals surface area contributed by atoms with Crippen LogP contribution in [0.15, 0.2) is 48.8 Å². The zero-order valence-electron chi connectivity index (χ0n) is 15.2. The Bertz CT molecular complexity index is 903. The lowest BCUT2D eigenvalue weighted by molar-refractivity contribution is 0.0683. The Hall–Kier alpha value is -2.89. The molecule has 1 amide bonds. The highest BCUT2D eigenvalue weighted by Gasteiger charge is 2.27. The molecule has 0 bridgehead atoms. The molecule has 0 spiro atoms. The van der Waals surface area contributed by atoms with Gasteiger partial charge in [-0.15, -0.1) is 0 Å². The van der Waals surface area contributed by atoms with Gasteiger partial charge in [-0.05, 0) is 25.8 Å². The van der Waals surface area contributed by atoms with Crippen LogP contribution in [-0.4, -0.2) is 43.2 Å². The van der Waals surface area contributed by atoms with Crippen LogP contribution < -0.4 is 0 Å². The minimum atomic E-state index is 0.0640. The largest absolute Gasteiger partial charge is 0.337 e. The third-order valence-electron chi connectivity index (χ3n) is 5.17. The van der Waals surface area contributed by atoms with Crippen molar-refractivity contribution in [3.8, 4) is 11.4 Å². The summed E-state index contributed by atoms with van der Waals surface area (Å²) in [7, 11) is 1.81. The molecule has 1 aliphatic rings. The zero-order valence-corrected chi connectivity index (χ0v) is 15.2. The average molecular weight is 349 g/mol. The third-order valence-corrected chi connectivity index (χ3v) is 5.17. The maximum absolute atomic E-state index is 12.7. The Labute approximate surface area is 153 Å². The molecule has 1 saturated heterocycles. The number of imidazole rings is 1. The Morgan fingerprint density at radius 2 is 1.85 bits per heavy atom. The summed E-state index contributed by atoms with van der Waals surface area (Å²) >= 11 is 0. The number of aromatic nitrogens is 4. The molecule has 0 atom stereocenters. The van der Waals surface area contributed by atoms with Gasteiger partial charge >= 0.3 is 0 Å². The Kier molecular flexibility index (Phi) is 4.32. The molecule has 3 heterocycles. The predicted molar refractivity (Wildman–Crippen MR) is 99.8 cm³/mol. The highest BCUT2D eigenvalue weighted by atomic mass is 16.2. The van der Waals surface area contributed by atoms with E-state index in [1.165, 1.54) is 5.69 Å². The highest BCUT2D eigenvalue weighted by molar-refractivity contribution is 5.92. The molecule has 3 aromatic rings. The number of hydrogen-bond acceptors (Lipinski definition) is 3. The van der Waals surface area contributed by atoms with Gasteiger partial charge in [0.05, 0.1) is 0 Å². The number of carbonyl (C=O) groups is 1. The van der Waals surface area contributed by atoms with Crippen LogP contribution in [-0.2, 0) is 7.05 Å². The summed E-state index contributed by atoms with van der Waals surface area (Å²) in [4.78, 5) is 19.2. The fraction of sp³-hybridized carbons (Fsp3) is 0.350. The van der Waals surface area contributed by atoms with E-state index in [9.17, 15) is 4.79 Å². The first-order chi connectivity index (χ1) is 12.6. The van der Waals surface area contributed by atoms with Crippen LogP contribution in [0.5, 0.6) is 0 Å². The van der Waals surface area contributed by atoms with E-state index in [1.807, 2.05) is 29.3 Å². The third kappa shape index (κ3) is 2.92. The van der Waals surface area contributed by atoms with E-state index in [1.54, 1.807) is 24.0 Å². The lowest BCUT2D eigenvalue weighted by Crippen LogP contribution is -2.40. The fourth-order valence-electron chi connectivity index (χ4n) is 3.78. The van der Waals surface area contributed by atoms with Crippen molar-refractivity contribution in [2.24, 2.45) is 7.05 Å². The maximum atomic E-state index is 12.7. The number of likely N-dealkylation sites (tertiary alicyclic amines) is 1. The number of piperidine rings is 1. The fourth-order valence-corrected chi connectivity index (χ4v) is 3.78. The maximum Gasteiger partial charge on any atom is 0.272 e. The lowest BCUT2D eigenvalue weighted by Gasteiger charge is -2.34. The Balaban J connectivity index is 1.52. The second-order valence-corrected chi connectivity index (χ2v) is 6.82. The van der Waals surface area contributed by atoms with Crippen LogP contribution in [0.1, 0.15) is 35.1 Å². The first kappa shape index (κ1) is 16.6. The molecule has 1 aliphatic heterocycles. The summed E-state index contributed by atoms with van der Waals surface area (Å²) in [5, 5.41) is 4.10. The molecule has 1 fully saturated rings. The molecule has 6 heteroatoms. The molecule has 0 unspecified atom stereocenters. The van der Waals surface area contributed by atoms with E-state index in [0.717, 1.165) is 37.3 Å². The minimum absolute atomic E-state index is 0.0640. The minimum Gasteiger partial charge on any atom is -0.337 e. The van der Waals surface area contributed by atoms with Gasteiger partial charge in [-0.3, -0.25) is 9.48 Å². The number of rotatable bonds is 3. The molecular formula is C20H23N5O. The molecule has 0 saturated carbocycles. The SMILES string of the molecule is Cc1cnc(-c2ccccc2)n1C1CCN(C(=O)c2ccnn2C)CC1. The van der Waals surface area contributed by atoms with Gasteiger partial charge in [0, 0.05) is 49.8 Å². The second kappa shape index (κ2) is 6.78. The zero-order chi connectivity index (χ0) is 18.1. The van der Waals surface area contributed by atoms with Gasteiger partial charge in [0.15, 0.2) is 0 Å². The molecule has 0 radical (unpaired) electrons. The average Bonchev–Trinajstić information content (AvgIpc) is 3.27. The molecule has 0 aliphatic carbocycles. The first-order valence-electron chi connectivity index (χ1n) is 9.01. The van der Waals surface area contributed by atoms with Crippen LogP contribution in [0.3, 0.4) is 0 Å². The number of amides is 1. The quantitative estimate of drug-likeness (QED) is 0.730. The van der Waals surface area contributed by atoms with Crippen molar-refractivity contribution >= 4 is 5.91 Å². The molecule has 0 N–H and O–H groups in total. The van der Waals surface area contributed by atoms with Gasteiger partial charge in [-0.1, -0.05) is 30.3 Å². The first-order valence-corrected chi connectivity index (χ1v) is 9.01. The Morgan fingerprint density at radius 3 is 2.50 bits per heavy atom. The van der Waals surface area contributed by atoms with Gasteiger partial charge in [0.1, 0.15) is 11.5 Å². The second-order valence-electron chi connectivity index (χ2n) is 6.82. The normalized spacial score (nSPS) is 15.4. The van der Waals surface area contributed by atoms with Crippen molar-refractivity contribution in [2.75, 3.05) is 13.1 Å². The summed E-state index contributed by atoms with van der Waals surface area (Å²) in [6.45, 7) is 3.60. The number of benzene rings is 1. The van der Waals surface area contributed by atoms with E-state index < -0.39 is 0 Å². The molecule has 1 aromatic carbocycles. The molecule has 6 nitrogen and oxygen atoms in total. The van der Waals surface area contributed by atoms with Crippen molar-refractivity contribution in [3.05, 3.63) is 60.2 Å². The number of nitrogens with zero attached hydrogens (tertiary/aromatic N) is 5. The van der Waals surface area contributed by atoms with E-state index in [2.05, 4.69) is 33.7 Å². The summed E-state index contributed by atoms with van der Waals surface area (Å²) in [5.41, 5.74) is 2.95. The van der Waals surface area contributed by atoms with E-state index in [0.29, 0.717) is 11.7 Å². The monoisotopic (exact) mass is 349 g/mol. The molecule has 26 heavy (non-hydrogen) atoms. The van der Waals surface area contributed by atoms with Crippen LogP contribution >= 0.6 is 0 Å². The van der Waals surface area contributed by atoms with Gasteiger partial charge in [0.2, 0.25) is 0 Å². The van der Waals surface area contributed by atoms with E-state index in [4.69, 9.17) is 0 Å². The van der Waals surface area contributed by atoms with Crippen molar-refractivity contribution in [1.29, 1.82) is 0 Å². The summed E-state index contributed by atoms with van der Waals surface area (Å²) in [5.74, 6) is 1.08. The summed E-state index contributed by atoms with van der Waals surface area (Å²) in [6.07, 6.45) is 5.47. The summed E-state index contributed by atoms with van der Waals surface area (Å²) in [6, 6.07) is 12.4. The van der Waals surface area contributed by atoms with Gasteiger partial charge < -0.3 is 9.47 Å². The number of aryl methyl sites for hydroxylation is 2. The molecule has 2 aromatic heterocycles.